The van der Waals surface area contributed by atoms with Crippen molar-refractivity contribution in [2.45, 2.75) is 76.0 Å². The summed E-state index contributed by atoms with van der Waals surface area (Å²) >= 11 is 0. The standard InChI is InChI=1S/C29H34FN5O4S/c1-17-14-18(16-31)8-10-20(17)24(36)33-19-9-11-22(30)21(15-19)29(7)23-12-13-32-40(23,38)28(5,6)25(35-29)34-26(37)39-27(2,3)4/h8-11,14-15,23H,12-13H2,1-7H3,(H,33,36)(H,34,35,37)/t23-,29+,40?/m0/s1. The topological polar surface area (TPSA) is 133 Å². The fourth-order valence-electron chi connectivity index (χ4n) is 5.23. The minimum absolute atomic E-state index is 0.0956. The normalized spacial score (nSPS) is 25.1. The number of alkyl carbamates (subject to hydrolysis) is 1. The fourth-order valence-corrected chi connectivity index (χ4v) is 8.42. The number of benzene rings is 2. The van der Waals surface area contributed by atoms with E-state index in [1.807, 2.05) is 6.07 Å². The Morgan fingerprint density at radius 2 is 1.85 bits per heavy atom. The third kappa shape index (κ3) is 5.08. The molecule has 2 aromatic rings. The molecule has 0 radical (unpaired) electrons. The van der Waals surface area contributed by atoms with Gasteiger partial charge in [0.2, 0.25) is 0 Å². The summed E-state index contributed by atoms with van der Waals surface area (Å²) in [5.74, 6) is -0.924. The van der Waals surface area contributed by atoms with Gasteiger partial charge in [0.1, 0.15) is 27.5 Å². The van der Waals surface area contributed by atoms with Crippen LogP contribution in [0.5, 0.6) is 0 Å². The first-order valence-corrected chi connectivity index (χ1v) is 14.5. The van der Waals surface area contributed by atoms with E-state index in [-0.39, 0.29) is 11.4 Å². The van der Waals surface area contributed by atoms with Gasteiger partial charge in [-0.2, -0.15) is 5.26 Å². The Bertz CT molecular complexity index is 1590. The van der Waals surface area contributed by atoms with Crippen LogP contribution >= 0.6 is 0 Å². The first kappa shape index (κ1) is 29.2. The van der Waals surface area contributed by atoms with Gasteiger partial charge in [-0.25, -0.2) is 17.8 Å². The van der Waals surface area contributed by atoms with Gasteiger partial charge < -0.3 is 10.1 Å². The highest BCUT2D eigenvalue weighted by Gasteiger charge is 2.57. The van der Waals surface area contributed by atoms with Gasteiger partial charge in [0, 0.05) is 23.4 Å². The molecule has 2 aliphatic rings. The Balaban J connectivity index is 1.77. The molecule has 2 heterocycles. The lowest BCUT2D eigenvalue weighted by Crippen LogP contribution is -2.60. The molecule has 1 unspecified atom stereocenters. The molecule has 212 valence electrons. The van der Waals surface area contributed by atoms with Crippen molar-refractivity contribution in [3.8, 4) is 6.07 Å². The second-order valence-electron chi connectivity index (χ2n) is 11.7. The Morgan fingerprint density at radius 1 is 1.15 bits per heavy atom. The molecule has 0 spiro atoms. The second-order valence-corrected chi connectivity index (χ2v) is 14.7. The van der Waals surface area contributed by atoms with E-state index in [0.717, 1.165) is 0 Å². The zero-order chi connectivity index (χ0) is 29.7. The molecule has 2 amide bonds. The van der Waals surface area contributed by atoms with Crippen molar-refractivity contribution in [1.82, 2.24) is 5.32 Å². The summed E-state index contributed by atoms with van der Waals surface area (Å²) in [5, 5.41) is 13.9. The van der Waals surface area contributed by atoms with Gasteiger partial charge in [-0.05, 0) is 96.8 Å². The number of nitriles is 1. The molecule has 3 atom stereocenters. The van der Waals surface area contributed by atoms with Crippen LogP contribution in [0.15, 0.2) is 45.8 Å². The molecule has 0 saturated heterocycles. The van der Waals surface area contributed by atoms with Crippen LogP contribution in [0.2, 0.25) is 0 Å². The van der Waals surface area contributed by atoms with E-state index in [0.29, 0.717) is 35.3 Å². The molecule has 0 bridgehead atoms. The predicted octanol–water partition coefficient (Wildman–Crippen LogP) is 5.43. The van der Waals surface area contributed by atoms with E-state index < -0.39 is 48.7 Å². The van der Waals surface area contributed by atoms with Crippen LogP contribution < -0.4 is 10.6 Å². The number of aliphatic imine (C=N–C) groups is 1. The smallest absolute Gasteiger partial charge is 0.413 e. The first-order valence-electron chi connectivity index (χ1n) is 13.0. The molecule has 2 aromatic carbocycles. The van der Waals surface area contributed by atoms with Gasteiger partial charge in [0.05, 0.1) is 26.6 Å². The molecule has 0 fully saturated rings. The third-order valence-corrected chi connectivity index (χ3v) is 11.0. The molecule has 2 N–H and O–H groups in total. The van der Waals surface area contributed by atoms with E-state index in [2.05, 4.69) is 15.0 Å². The van der Waals surface area contributed by atoms with E-state index in [4.69, 9.17) is 15.0 Å². The molecule has 0 aliphatic carbocycles. The monoisotopic (exact) mass is 567 g/mol. The third-order valence-electron chi connectivity index (χ3n) is 7.32. The lowest BCUT2D eigenvalue weighted by molar-refractivity contribution is 0.0560. The lowest BCUT2D eigenvalue weighted by Gasteiger charge is -2.45. The average molecular weight is 568 g/mol. The highest BCUT2D eigenvalue weighted by Crippen LogP contribution is 2.48. The number of anilines is 1. The van der Waals surface area contributed by atoms with Gasteiger partial charge >= 0.3 is 6.09 Å². The number of hydrogen-bond donors (Lipinski definition) is 2. The van der Waals surface area contributed by atoms with Crippen molar-refractivity contribution in [3.63, 3.8) is 0 Å². The number of halogens is 1. The SMILES string of the molecule is Cc1cc(C#N)ccc1C(=O)Nc1ccc(F)c([C@@]2(C)N=C(NC(=O)OC(C)(C)C)C(C)(C)S3(=O)=NCC[C@@H]23)c1. The number of aryl methyl sites for hydroxylation is 1. The number of carbonyl (C=O) groups excluding carboxylic acids is 2. The van der Waals surface area contributed by atoms with Crippen LogP contribution in [-0.2, 0) is 20.0 Å². The predicted molar refractivity (Wildman–Crippen MR) is 152 cm³/mol. The molecule has 11 heteroatoms. The number of nitrogens with zero attached hydrogens (tertiary/aromatic N) is 3. The first-order chi connectivity index (χ1) is 18.5. The van der Waals surface area contributed by atoms with Crippen LogP contribution in [0, 0.1) is 24.1 Å². The van der Waals surface area contributed by atoms with Crippen molar-refractivity contribution in [2.75, 3.05) is 11.9 Å². The van der Waals surface area contributed by atoms with Crippen molar-refractivity contribution in [1.29, 1.82) is 5.26 Å². The molecule has 2 aliphatic heterocycles. The molecule has 0 saturated carbocycles. The maximum absolute atomic E-state index is 15.5. The Labute approximate surface area is 234 Å². The van der Waals surface area contributed by atoms with E-state index in [1.54, 1.807) is 66.7 Å². The summed E-state index contributed by atoms with van der Waals surface area (Å²) in [6.45, 7) is 12.3. The largest absolute Gasteiger partial charge is 0.444 e. The van der Waals surface area contributed by atoms with Crippen molar-refractivity contribution >= 4 is 33.3 Å². The summed E-state index contributed by atoms with van der Waals surface area (Å²) < 4.78 is 38.8. The lowest BCUT2D eigenvalue weighted by atomic mass is 9.85. The Hall–Kier alpha value is -3.78. The molecular formula is C29H34FN5O4S. The number of amides is 2. The Kier molecular flexibility index (Phi) is 7.30. The minimum Gasteiger partial charge on any atom is -0.444 e. The van der Waals surface area contributed by atoms with Crippen LogP contribution in [0.25, 0.3) is 0 Å². The van der Waals surface area contributed by atoms with Gasteiger partial charge in [-0.1, -0.05) is 0 Å². The molecule has 40 heavy (non-hydrogen) atoms. The quantitative estimate of drug-likeness (QED) is 0.510. The maximum Gasteiger partial charge on any atom is 0.413 e. The number of nitrogens with one attached hydrogen (secondary N) is 2. The molecule has 9 nitrogen and oxygen atoms in total. The molecule has 4 rings (SSSR count). The zero-order valence-corrected chi connectivity index (χ0v) is 24.5. The summed E-state index contributed by atoms with van der Waals surface area (Å²) in [6, 6.07) is 10.9. The number of fused-ring (bicyclic) bond motifs is 1. The van der Waals surface area contributed by atoms with Gasteiger partial charge in [0.15, 0.2) is 0 Å². The number of hydrogen-bond acceptors (Lipinski definition) is 7. The zero-order valence-electron chi connectivity index (χ0n) is 23.7. The molecule has 0 aromatic heterocycles. The summed E-state index contributed by atoms with van der Waals surface area (Å²) in [5.41, 5.74) is -0.284. The van der Waals surface area contributed by atoms with E-state index in [1.165, 1.54) is 18.2 Å². The highest BCUT2D eigenvalue weighted by molar-refractivity contribution is 7.96. The number of amidine groups is 1. The van der Waals surface area contributed by atoms with E-state index >= 15 is 4.39 Å². The second kappa shape index (κ2) is 10.0. The van der Waals surface area contributed by atoms with Crippen LogP contribution in [-0.4, -0.2) is 44.2 Å². The summed E-state index contributed by atoms with van der Waals surface area (Å²) in [6.07, 6.45) is -0.344. The average Bonchev–Trinajstić information content (AvgIpc) is 3.27. The van der Waals surface area contributed by atoms with Crippen molar-refractivity contribution in [2.24, 2.45) is 9.36 Å². The van der Waals surface area contributed by atoms with Crippen LogP contribution in [0.4, 0.5) is 14.9 Å². The van der Waals surface area contributed by atoms with Gasteiger partial charge in [0.25, 0.3) is 5.91 Å². The van der Waals surface area contributed by atoms with Gasteiger partial charge in [-0.3, -0.25) is 15.1 Å². The number of ether oxygens (including phenoxy) is 1. The van der Waals surface area contributed by atoms with Gasteiger partial charge in [-0.15, -0.1) is 0 Å². The van der Waals surface area contributed by atoms with Crippen molar-refractivity contribution < 1.29 is 22.9 Å². The Morgan fingerprint density at radius 3 is 2.48 bits per heavy atom. The van der Waals surface area contributed by atoms with Crippen LogP contribution in [0.3, 0.4) is 0 Å². The summed E-state index contributed by atoms with van der Waals surface area (Å²) in [4.78, 5) is 30.6. The summed E-state index contributed by atoms with van der Waals surface area (Å²) in [7, 11) is -3.03. The fraction of sp³-hybridized carbons (Fsp3) is 0.448. The van der Waals surface area contributed by atoms with E-state index in [9.17, 15) is 13.8 Å². The number of rotatable bonds is 3. The molecular weight excluding hydrogens is 533 g/mol. The van der Waals surface area contributed by atoms with Crippen molar-refractivity contribution in [3.05, 3.63) is 64.5 Å². The minimum atomic E-state index is -3.03. The highest BCUT2D eigenvalue weighted by atomic mass is 32.2. The van der Waals surface area contributed by atoms with Crippen LogP contribution in [0.1, 0.15) is 75.0 Å². The maximum atomic E-state index is 15.5. The number of carbonyl (C=O) groups is 2.